The first-order chi connectivity index (χ1) is 6.39. The van der Waals surface area contributed by atoms with Gasteiger partial charge in [0.1, 0.15) is 6.04 Å². The van der Waals surface area contributed by atoms with Gasteiger partial charge in [0.25, 0.3) is 0 Å². The summed E-state index contributed by atoms with van der Waals surface area (Å²) < 4.78 is 0. The topological polar surface area (TPSA) is 63.3 Å². The number of hydrogen-bond acceptors (Lipinski definition) is 2. The smallest absolute Gasteiger partial charge is 0.320 e. The lowest BCUT2D eigenvalue weighted by Crippen LogP contribution is -2.29. The van der Waals surface area contributed by atoms with Crippen molar-refractivity contribution in [1.82, 2.24) is 0 Å². The molecule has 0 fully saturated rings. The SMILES string of the molecule is CCC(C)(C)CCCCC(N)C(=O)O. The average Bonchev–Trinajstić information content (AvgIpc) is 2.12. The minimum absolute atomic E-state index is 0.382. The minimum Gasteiger partial charge on any atom is -0.480 e. The molecule has 1 atom stereocenters. The number of rotatable bonds is 7. The van der Waals surface area contributed by atoms with E-state index in [-0.39, 0.29) is 0 Å². The molecule has 0 heterocycles. The molecular formula is C11H23NO2. The van der Waals surface area contributed by atoms with E-state index >= 15 is 0 Å². The molecule has 0 aromatic carbocycles. The van der Waals surface area contributed by atoms with Gasteiger partial charge in [0.15, 0.2) is 0 Å². The fourth-order valence-corrected chi connectivity index (χ4v) is 1.27. The monoisotopic (exact) mass is 201 g/mol. The van der Waals surface area contributed by atoms with Crippen LogP contribution in [0.3, 0.4) is 0 Å². The Balaban J connectivity index is 3.52. The molecule has 0 saturated carbocycles. The largest absolute Gasteiger partial charge is 0.480 e. The van der Waals surface area contributed by atoms with Gasteiger partial charge in [-0.3, -0.25) is 4.79 Å². The Kier molecular flexibility index (Phi) is 5.77. The number of carboxylic acid groups (broad SMARTS) is 1. The Labute approximate surface area is 86.7 Å². The molecular weight excluding hydrogens is 178 g/mol. The average molecular weight is 201 g/mol. The summed E-state index contributed by atoms with van der Waals surface area (Å²) in [5, 5.41) is 8.56. The number of nitrogens with two attached hydrogens (primary N) is 1. The van der Waals surface area contributed by atoms with E-state index in [0.29, 0.717) is 11.8 Å². The molecule has 0 saturated heterocycles. The number of aliphatic carboxylic acids is 1. The fourth-order valence-electron chi connectivity index (χ4n) is 1.27. The zero-order chi connectivity index (χ0) is 11.2. The van der Waals surface area contributed by atoms with E-state index in [0.717, 1.165) is 25.7 Å². The minimum atomic E-state index is -0.889. The maximum atomic E-state index is 10.4. The number of hydrogen-bond donors (Lipinski definition) is 2. The first-order valence-electron chi connectivity index (χ1n) is 5.37. The van der Waals surface area contributed by atoms with Gasteiger partial charge in [0.2, 0.25) is 0 Å². The molecule has 0 aliphatic heterocycles. The molecule has 0 aromatic rings. The number of unbranched alkanes of at least 4 members (excludes halogenated alkanes) is 1. The van der Waals surface area contributed by atoms with E-state index in [9.17, 15) is 4.79 Å². The van der Waals surface area contributed by atoms with E-state index < -0.39 is 12.0 Å². The van der Waals surface area contributed by atoms with Crippen molar-refractivity contribution in [3.63, 3.8) is 0 Å². The van der Waals surface area contributed by atoms with Crippen LogP contribution in [0.2, 0.25) is 0 Å². The molecule has 0 aliphatic rings. The van der Waals surface area contributed by atoms with Gasteiger partial charge in [0.05, 0.1) is 0 Å². The molecule has 3 N–H and O–H groups in total. The normalized spacial score (nSPS) is 14.0. The van der Waals surface area contributed by atoms with Crippen molar-refractivity contribution in [3.8, 4) is 0 Å². The zero-order valence-electron chi connectivity index (χ0n) is 9.55. The number of carbonyl (C=O) groups is 1. The van der Waals surface area contributed by atoms with Crippen LogP contribution in [0.5, 0.6) is 0 Å². The van der Waals surface area contributed by atoms with Gasteiger partial charge in [0, 0.05) is 0 Å². The molecule has 0 spiro atoms. The Hall–Kier alpha value is -0.570. The third kappa shape index (κ3) is 5.97. The highest BCUT2D eigenvalue weighted by atomic mass is 16.4. The van der Waals surface area contributed by atoms with E-state index in [1.807, 2.05) is 0 Å². The fraction of sp³-hybridized carbons (Fsp3) is 0.909. The molecule has 84 valence electrons. The van der Waals surface area contributed by atoms with E-state index in [1.54, 1.807) is 0 Å². The molecule has 0 amide bonds. The summed E-state index contributed by atoms with van der Waals surface area (Å²) in [6.45, 7) is 6.66. The van der Waals surface area contributed by atoms with Gasteiger partial charge in [-0.2, -0.15) is 0 Å². The van der Waals surface area contributed by atoms with E-state index in [1.165, 1.54) is 0 Å². The lowest BCUT2D eigenvalue weighted by atomic mass is 9.84. The van der Waals surface area contributed by atoms with Crippen LogP contribution in [0.25, 0.3) is 0 Å². The van der Waals surface area contributed by atoms with Crippen LogP contribution in [-0.2, 0) is 4.79 Å². The summed E-state index contributed by atoms with van der Waals surface area (Å²) in [5.74, 6) is -0.889. The predicted octanol–water partition coefficient (Wildman–Crippen LogP) is 2.39. The van der Waals surface area contributed by atoms with E-state index in [4.69, 9.17) is 10.8 Å². The summed E-state index contributed by atoms with van der Waals surface area (Å²) >= 11 is 0. The van der Waals surface area contributed by atoms with Crippen LogP contribution in [0, 0.1) is 5.41 Å². The Morgan fingerprint density at radius 3 is 2.43 bits per heavy atom. The van der Waals surface area contributed by atoms with Crippen LogP contribution in [0.1, 0.15) is 52.9 Å². The van der Waals surface area contributed by atoms with Crippen molar-refractivity contribution >= 4 is 5.97 Å². The molecule has 0 aromatic heterocycles. The Morgan fingerprint density at radius 2 is 2.00 bits per heavy atom. The summed E-state index contributed by atoms with van der Waals surface area (Å²) in [4.78, 5) is 10.4. The summed E-state index contributed by atoms with van der Waals surface area (Å²) in [6, 6.07) is -0.681. The van der Waals surface area contributed by atoms with Gasteiger partial charge < -0.3 is 10.8 Å². The highest BCUT2D eigenvalue weighted by Gasteiger charge is 2.15. The quantitative estimate of drug-likeness (QED) is 0.622. The summed E-state index contributed by atoms with van der Waals surface area (Å²) in [5.41, 5.74) is 5.78. The molecule has 1 unspecified atom stereocenters. The van der Waals surface area contributed by atoms with Gasteiger partial charge >= 0.3 is 5.97 Å². The van der Waals surface area contributed by atoms with Crippen LogP contribution in [0.15, 0.2) is 0 Å². The van der Waals surface area contributed by atoms with E-state index in [2.05, 4.69) is 20.8 Å². The van der Waals surface area contributed by atoms with Gasteiger partial charge in [-0.1, -0.05) is 40.0 Å². The standard InChI is InChI=1S/C11H23NO2/c1-4-11(2,3)8-6-5-7-9(12)10(13)14/h9H,4-8,12H2,1-3H3,(H,13,14). The van der Waals surface area contributed by atoms with Crippen LogP contribution in [0.4, 0.5) is 0 Å². The lowest BCUT2D eigenvalue weighted by Gasteiger charge is -2.22. The van der Waals surface area contributed by atoms with Gasteiger partial charge in [-0.25, -0.2) is 0 Å². The lowest BCUT2D eigenvalue weighted by molar-refractivity contribution is -0.138. The molecule has 0 bridgehead atoms. The Bertz CT molecular complexity index is 178. The van der Waals surface area contributed by atoms with Crippen molar-refractivity contribution in [2.45, 2.75) is 58.9 Å². The molecule has 0 aliphatic carbocycles. The predicted molar refractivity (Wildman–Crippen MR) is 58.2 cm³/mol. The number of carboxylic acids is 1. The summed E-state index contributed by atoms with van der Waals surface area (Å²) in [7, 11) is 0. The summed E-state index contributed by atoms with van der Waals surface area (Å²) in [6.07, 6.45) is 4.89. The van der Waals surface area contributed by atoms with Crippen molar-refractivity contribution in [1.29, 1.82) is 0 Å². The molecule has 0 rings (SSSR count). The van der Waals surface area contributed by atoms with Crippen LogP contribution < -0.4 is 5.73 Å². The second kappa shape index (κ2) is 6.02. The first-order valence-corrected chi connectivity index (χ1v) is 5.37. The maximum absolute atomic E-state index is 10.4. The van der Waals surface area contributed by atoms with Gasteiger partial charge in [-0.15, -0.1) is 0 Å². The molecule has 3 heteroatoms. The van der Waals surface area contributed by atoms with Crippen molar-refractivity contribution in [2.24, 2.45) is 11.1 Å². The van der Waals surface area contributed by atoms with Crippen LogP contribution >= 0.6 is 0 Å². The first kappa shape index (κ1) is 13.4. The zero-order valence-corrected chi connectivity index (χ0v) is 9.55. The molecule has 3 nitrogen and oxygen atoms in total. The Morgan fingerprint density at radius 1 is 1.43 bits per heavy atom. The third-order valence-electron chi connectivity index (χ3n) is 2.89. The highest BCUT2D eigenvalue weighted by molar-refractivity contribution is 5.72. The molecule has 0 radical (unpaired) electrons. The highest BCUT2D eigenvalue weighted by Crippen LogP contribution is 2.27. The van der Waals surface area contributed by atoms with Crippen molar-refractivity contribution in [3.05, 3.63) is 0 Å². The third-order valence-corrected chi connectivity index (χ3v) is 2.89. The van der Waals surface area contributed by atoms with Crippen molar-refractivity contribution in [2.75, 3.05) is 0 Å². The maximum Gasteiger partial charge on any atom is 0.320 e. The molecule has 14 heavy (non-hydrogen) atoms. The van der Waals surface area contributed by atoms with Crippen molar-refractivity contribution < 1.29 is 9.90 Å². The van der Waals surface area contributed by atoms with Crippen LogP contribution in [-0.4, -0.2) is 17.1 Å². The van der Waals surface area contributed by atoms with Gasteiger partial charge in [-0.05, 0) is 18.3 Å². The second-order valence-corrected chi connectivity index (χ2v) is 4.71. The second-order valence-electron chi connectivity index (χ2n) is 4.71.